The maximum atomic E-state index is 12.6. The molecule has 0 aliphatic carbocycles. The van der Waals surface area contributed by atoms with Crippen LogP contribution in [-0.4, -0.2) is 50.8 Å². The van der Waals surface area contributed by atoms with Crippen LogP contribution in [0.2, 0.25) is 5.02 Å². The van der Waals surface area contributed by atoms with E-state index in [1.54, 1.807) is 26.0 Å². The summed E-state index contributed by atoms with van der Waals surface area (Å²) < 4.78 is 30.6. The molecular weight excluding hydrogens is 424 g/mol. The van der Waals surface area contributed by atoms with E-state index in [1.165, 1.54) is 6.07 Å². The molecule has 1 saturated heterocycles. The number of hydrogen-bond acceptors (Lipinski definition) is 5. The molecule has 6 nitrogen and oxygen atoms in total. The summed E-state index contributed by atoms with van der Waals surface area (Å²) in [5.41, 5.74) is 7.66. The number of primary amides is 1. The maximum absolute atomic E-state index is 12.6. The van der Waals surface area contributed by atoms with Crippen LogP contribution in [0.4, 0.5) is 0 Å². The highest BCUT2D eigenvalue weighted by atomic mass is 35.5. The Hall–Kier alpha value is -1.93. The molecule has 0 aromatic heterocycles. The van der Waals surface area contributed by atoms with E-state index in [9.17, 15) is 13.2 Å². The molecule has 1 unspecified atom stereocenters. The highest BCUT2D eigenvalue weighted by Gasteiger charge is 2.26. The van der Waals surface area contributed by atoms with Gasteiger partial charge in [0.1, 0.15) is 0 Å². The van der Waals surface area contributed by atoms with Gasteiger partial charge < -0.3 is 10.5 Å². The van der Waals surface area contributed by atoms with Crippen LogP contribution in [0.15, 0.2) is 47.4 Å². The Bertz CT molecular complexity index is 1000. The first-order valence-corrected chi connectivity index (χ1v) is 11.9. The number of hydrogen-bond donors (Lipinski definition) is 1. The molecule has 0 spiro atoms. The van der Waals surface area contributed by atoms with E-state index >= 15 is 0 Å². The smallest absolute Gasteiger partial charge is 0.249 e. The Labute approximate surface area is 182 Å². The van der Waals surface area contributed by atoms with Gasteiger partial charge in [0.05, 0.1) is 23.4 Å². The van der Waals surface area contributed by atoms with Crippen LogP contribution in [0.5, 0.6) is 0 Å². The summed E-state index contributed by atoms with van der Waals surface area (Å²) in [6, 6.07) is 12.3. The van der Waals surface area contributed by atoms with E-state index in [4.69, 9.17) is 22.1 Å². The topological polar surface area (TPSA) is 89.7 Å². The summed E-state index contributed by atoms with van der Waals surface area (Å²) >= 11 is 6.06. The zero-order valence-corrected chi connectivity index (χ0v) is 18.7. The lowest BCUT2D eigenvalue weighted by atomic mass is 9.94. The summed E-state index contributed by atoms with van der Waals surface area (Å²) in [5, 5.41) is 0.0692. The lowest BCUT2D eigenvalue weighted by Gasteiger charge is -2.35. The minimum atomic E-state index is -3.50. The Kier molecular flexibility index (Phi) is 7.18. The third-order valence-electron chi connectivity index (χ3n) is 5.45. The Balaban J connectivity index is 2.01. The van der Waals surface area contributed by atoms with E-state index < -0.39 is 21.0 Å². The van der Waals surface area contributed by atoms with Crippen molar-refractivity contribution < 1.29 is 17.9 Å². The number of sulfone groups is 1. The first-order valence-electron chi connectivity index (χ1n) is 9.94. The average molecular weight is 451 g/mol. The second-order valence-corrected chi connectivity index (χ2v) is 10.6. The minimum Gasteiger partial charge on any atom is -0.379 e. The van der Waals surface area contributed by atoms with Crippen molar-refractivity contribution in [2.45, 2.75) is 36.5 Å². The number of nitrogens with two attached hydrogens (primary N) is 1. The molecule has 0 bridgehead atoms. The number of amides is 1. The summed E-state index contributed by atoms with van der Waals surface area (Å²) in [7, 11) is -3.50. The van der Waals surface area contributed by atoms with Gasteiger partial charge in [-0.3, -0.25) is 9.69 Å². The minimum absolute atomic E-state index is 0.0168. The predicted molar refractivity (Wildman–Crippen MR) is 118 cm³/mol. The fourth-order valence-corrected chi connectivity index (χ4v) is 4.86. The first-order chi connectivity index (χ1) is 14.2. The molecule has 2 N–H and O–H groups in total. The van der Waals surface area contributed by atoms with Crippen molar-refractivity contribution in [3.63, 3.8) is 0 Å². The van der Waals surface area contributed by atoms with Crippen LogP contribution in [0.1, 0.15) is 41.4 Å². The molecule has 1 amide bonds. The average Bonchev–Trinajstić information content (AvgIpc) is 2.73. The zero-order valence-electron chi connectivity index (χ0n) is 17.2. The third kappa shape index (κ3) is 5.03. The summed E-state index contributed by atoms with van der Waals surface area (Å²) in [4.78, 5) is 14.6. The lowest BCUT2D eigenvalue weighted by Crippen LogP contribution is -2.40. The van der Waals surface area contributed by atoms with Gasteiger partial charge in [0.2, 0.25) is 5.91 Å². The van der Waals surface area contributed by atoms with E-state index in [2.05, 4.69) is 4.90 Å². The molecular formula is C22H27ClN2O4S. The van der Waals surface area contributed by atoms with Crippen LogP contribution in [0, 0.1) is 0 Å². The molecule has 2 aromatic rings. The van der Waals surface area contributed by atoms with Crippen molar-refractivity contribution in [3.8, 4) is 0 Å². The Morgan fingerprint density at radius 2 is 1.77 bits per heavy atom. The molecule has 1 fully saturated rings. The first kappa shape index (κ1) is 22.7. The Morgan fingerprint density at radius 3 is 2.33 bits per heavy atom. The number of halogens is 1. The molecule has 1 atom stereocenters. The van der Waals surface area contributed by atoms with Gasteiger partial charge in [0.25, 0.3) is 0 Å². The summed E-state index contributed by atoms with van der Waals surface area (Å²) in [6.07, 6.45) is 0.516. The van der Waals surface area contributed by atoms with E-state index in [1.807, 2.05) is 24.3 Å². The van der Waals surface area contributed by atoms with Gasteiger partial charge in [0, 0.05) is 29.7 Å². The highest BCUT2D eigenvalue weighted by molar-refractivity contribution is 7.92. The van der Waals surface area contributed by atoms with Gasteiger partial charge in [-0.2, -0.15) is 0 Å². The second kappa shape index (κ2) is 9.47. The van der Waals surface area contributed by atoms with Gasteiger partial charge in [-0.05, 0) is 55.7 Å². The normalized spacial score (nSPS) is 16.5. The van der Waals surface area contributed by atoms with Crippen molar-refractivity contribution in [1.82, 2.24) is 4.90 Å². The highest BCUT2D eigenvalue weighted by Crippen LogP contribution is 2.30. The quantitative estimate of drug-likeness (QED) is 0.699. The molecule has 1 heterocycles. The second-order valence-electron chi connectivity index (χ2n) is 7.70. The lowest BCUT2D eigenvalue weighted by molar-refractivity contribution is 0.0160. The monoisotopic (exact) mass is 450 g/mol. The fourth-order valence-electron chi connectivity index (χ4n) is 3.65. The van der Waals surface area contributed by atoms with Crippen molar-refractivity contribution in [2.75, 3.05) is 26.3 Å². The number of nitrogens with zero attached hydrogens (tertiary/aromatic N) is 1. The number of morpholine rings is 1. The van der Waals surface area contributed by atoms with Gasteiger partial charge in [-0.1, -0.05) is 29.8 Å². The number of rotatable bonds is 7. The SMILES string of the molecule is CC(C)S(=O)(=O)c1ccc(CC(c2ccc(Cl)cc2)N2CCOCC2)c(C(N)=O)c1. The number of carbonyl (C=O) groups is 1. The summed E-state index contributed by atoms with van der Waals surface area (Å²) in [5.74, 6) is -0.636. The number of ether oxygens (including phenoxy) is 1. The van der Waals surface area contributed by atoms with Gasteiger partial charge in [-0.15, -0.1) is 0 Å². The molecule has 3 rings (SSSR count). The maximum Gasteiger partial charge on any atom is 0.249 e. The van der Waals surface area contributed by atoms with Crippen LogP contribution >= 0.6 is 11.6 Å². The molecule has 162 valence electrons. The molecule has 1 aliphatic heterocycles. The van der Waals surface area contributed by atoms with Crippen LogP contribution in [0.3, 0.4) is 0 Å². The Morgan fingerprint density at radius 1 is 1.13 bits per heavy atom. The predicted octanol–water partition coefficient (Wildman–Crippen LogP) is 3.24. The largest absolute Gasteiger partial charge is 0.379 e. The van der Waals surface area contributed by atoms with E-state index in [0.29, 0.717) is 24.7 Å². The van der Waals surface area contributed by atoms with Gasteiger partial charge >= 0.3 is 0 Å². The third-order valence-corrected chi connectivity index (χ3v) is 7.85. The van der Waals surface area contributed by atoms with Crippen LogP contribution in [0.25, 0.3) is 0 Å². The number of carbonyl (C=O) groups excluding carboxylic acids is 1. The van der Waals surface area contributed by atoms with E-state index in [-0.39, 0.29) is 16.5 Å². The van der Waals surface area contributed by atoms with Gasteiger partial charge in [-0.25, -0.2) is 8.42 Å². The van der Waals surface area contributed by atoms with Crippen LogP contribution < -0.4 is 5.73 Å². The number of benzene rings is 2. The molecule has 1 aliphatic rings. The molecule has 2 aromatic carbocycles. The standard InChI is InChI=1S/C22H27ClN2O4S/c1-15(2)30(27,28)19-8-5-17(20(14-19)22(24)26)13-21(25-9-11-29-12-10-25)16-3-6-18(23)7-4-16/h3-8,14-15,21H,9-13H2,1-2H3,(H2,24,26). The van der Waals surface area contributed by atoms with Gasteiger partial charge in [0.15, 0.2) is 9.84 Å². The molecule has 0 saturated carbocycles. The van der Waals surface area contributed by atoms with Crippen LogP contribution in [-0.2, 0) is 21.0 Å². The molecule has 30 heavy (non-hydrogen) atoms. The van der Waals surface area contributed by atoms with Crippen molar-refractivity contribution >= 4 is 27.3 Å². The zero-order chi connectivity index (χ0) is 21.9. The molecule has 8 heteroatoms. The van der Waals surface area contributed by atoms with Crippen molar-refractivity contribution in [1.29, 1.82) is 0 Å². The molecule has 0 radical (unpaired) electrons. The van der Waals surface area contributed by atoms with E-state index in [0.717, 1.165) is 24.2 Å². The fraction of sp³-hybridized carbons (Fsp3) is 0.409. The van der Waals surface area contributed by atoms with Crippen molar-refractivity contribution in [2.24, 2.45) is 5.73 Å². The summed E-state index contributed by atoms with van der Waals surface area (Å²) in [6.45, 7) is 6.03. The van der Waals surface area contributed by atoms with Crippen molar-refractivity contribution in [3.05, 3.63) is 64.2 Å².